The SMILES string of the molecule is CCOC(=O)C1=C(COC(=O)CSc2ccccc2C)NC(=O)N[C@@H]1CC. The van der Waals surface area contributed by atoms with Crippen LogP contribution >= 0.6 is 11.8 Å². The van der Waals surface area contributed by atoms with Gasteiger partial charge < -0.3 is 20.1 Å². The average molecular weight is 392 g/mol. The summed E-state index contributed by atoms with van der Waals surface area (Å²) in [6, 6.07) is 6.84. The topological polar surface area (TPSA) is 93.7 Å². The maximum Gasteiger partial charge on any atom is 0.338 e. The van der Waals surface area contributed by atoms with Gasteiger partial charge in [-0.05, 0) is 31.9 Å². The number of benzene rings is 1. The number of hydrogen-bond acceptors (Lipinski definition) is 6. The van der Waals surface area contributed by atoms with E-state index in [4.69, 9.17) is 9.47 Å². The smallest absolute Gasteiger partial charge is 0.338 e. The van der Waals surface area contributed by atoms with E-state index in [-0.39, 0.29) is 24.7 Å². The van der Waals surface area contributed by atoms with Gasteiger partial charge in [-0.25, -0.2) is 9.59 Å². The predicted molar refractivity (Wildman–Crippen MR) is 102 cm³/mol. The normalized spacial score (nSPS) is 16.4. The van der Waals surface area contributed by atoms with Crippen molar-refractivity contribution in [2.75, 3.05) is 19.0 Å². The van der Waals surface area contributed by atoms with Crippen LogP contribution in [0.5, 0.6) is 0 Å². The van der Waals surface area contributed by atoms with Crippen molar-refractivity contribution in [2.24, 2.45) is 0 Å². The molecule has 1 aliphatic rings. The zero-order valence-corrected chi connectivity index (χ0v) is 16.5. The average Bonchev–Trinajstić information content (AvgIpc) is 2.65. The molecular weight excluding hydrogens is 368 g/mol. The van der Waals surface area contributed by atoms with E-state index in [2.05, 4.69) is 10.6 Å². The van der Waals surface area contributed by atoms with E-state index in [1.807, 2.05) is 38.1 Å². The molecule has 0 aliphatic carbocycles. The second-order valence-corrected chi connectivity index (χ2v) is 6.90. The van der Waals surface area contributed by atoms with Crippen molar-refractivity contribution >= 4 is 29.7 Å². The molecule has 1 atom stereocenters. The number of amides is 2. The molecule has 2 amide bonds. The Hall–Kier alpha value is -2.48. The van der Waals surface area contributed by atoms with Crippen LogP contribution in [0.4, 0.5) is 4.79 Å². The Balaban J connectivity index is 2.03. The fourth-order valence-electron chi connectivity index (χ4n) is 2.62. The summed E-state index contributed by atoms with van der Waals surface area (Å²) in [4.78, 5) is 37.2. The van der Waals surface area contributed by atoms with Gasteiger partial charge in [0.15, 0.2) is 0 Å². The van der Waals surface area contributed by atoms with Crippen LogP contribution in [-0.2, 0) is 19.1 Å². The molecule has 0 saturated carbocycles. The summed E-state index contributed by atoms with van der Waals surface area (Å²) in [5.74, 6) is -0.826. The molecule has 2 N–H and O–H groups in total. The molecule has 0 saturated heterocycles. The van der Waals surface area contributed by atoms with Crippen molar-refractivity contribution in [3.63, 3.8) is 0 Å². The van der Waals surface area contributed by atoms with Crippen LogP contribution < -0.4 is 10.6 Å². The Morgan fingerprint density at radius 1 is 1.19 bits per heavy atom. The van der Waals surface area contributed by atoms with Gasteiger partial charge in [-0.1, -0.05) is 25.1 Å². The molecule has 0 aromatic heterocycles. The van der Waals surface area contributed by atoms with E-state index >= 15 is 0 Å². The van der Waals surface area contributed by atoms with Crippen LogP contribution in [0, 0.1) is 6.92 Å². The zero-order chi connectivity index (χ0) is 19.8. The number of ether oxygens (including phenoxy) is 2. The summed E-state index contributed by atoms with van der Waals surface area (Å²) in [6.45, 7) is 5.55. The van der Waals surface area contributed by atoms with E-state index in [9.17, 15) is 14.4 Å². The second-order valence-electron chi connectivity index (χ2n) is 5.89. The van der Waals surface area contributed by atoms with Gasteiger partial charge >= 0.3 is 18.0 Å². The molecule has 27 heavy (non-hydrogen) atoms. The third-order valence-corrected chi connectivity index (χ3v) is 5.11. The van der Waals surface area contributed by atoms with Crippen molar-refractivity contribution in [3.8, 4) is 0 Å². The fraction of sp³-hybridized carbons (Fsp3) is 0.421. The molecule has 146 valence electrons. The first-order valence-corrected chi connectivity index (χ1v) is 9.76. The van der Waals surface area contributed by atoms with Crippen molar-refractivity contribution in [1.82, 2.24) is 10.6 Å². The lowest BCUT2D eigenvalue weighted by Crippen LogP contribution is -2.51. The Morgan fingerprint density at radius 3 is 2.59 bits per heavy atom. The monoisotopic (exact) mass is 392 g/mol. The molecular formula is C19H24N2O5S. The fourth-order valence-corrected chi connectivity index (χ4v) is 3.45. The number of carbonyl (C=O) groups excluding carboxylic acids is 3. The van der Waals surface area contributed by atoms with Crippen LogP contribution in [0.15, 0.2) is 40.4 Å². The Kier molecular flexibility index (Phi) is 7.72. The summed E-state index contributed by atoms with van der Waals surface area (Å²) in [7, 11) is 0. The van der Waals surface area contributed by atoms with Crippen LogP contribution in [0.3, 0.4) is 0 Å². The summed E-state index contributed by atoms with van der Waals surface area (Å²) in [5, 5.41) is 5.23. The van der Waals surface area contributed by atoms with E-state index < -0.39 is 24.0 Å². The highest BCUT2D eigenvalue weighted by Gasteiger charge is 2.31. The third kappa shape index (κ3) is 5.75. The molecule has 0 bridgehead atoms. The summed E-state index contributed by atoms with van der Waals surface area (Å²) < 4.78 is 10.3. The molecule has 0 fully saturated rings. The van der Waals surface area contributed by atoms with Gasteiger partial charge in [0.2, 0.25) is 0 Å². The highest BCUT2D eigenvalue weighted by atomic mass is 32.2. The van der Waals surface area contributed by atoms with Gasteiger partial charge in [0.25, 0.3) is 0 Å². The highest BCUT2D eigenvalue weighted by molar-refractivity contribution is 8.00. The lowest BCUT2D eigenvalue weighted by Gasteiger charge is -2.28. The maximum absolute atomic E-state index is 12.3. The Morgan fingerprint density at radius 2 is 1.93 bits per heavy atom. The maximum atomic E-state index is 12.3. The molecule has 1 heterocycles. The largest absolute Gasteiger partial charge is 0.463 e. The number of thioether (sulfide) groups is 1. The number of rotatable bonds is 8. The minimum Gasteiger partial charge on any atom is -0.463 e. The van der Waals surface area contributed by atoms with Crippen LogP contribution in [0.1, 0.15) is 25.8 Å². The summed E-state index contributed by atoms with van der Waals surface area (Å²) in [6.07, 6.45) is 0.516. The Labute approximate surface area is 162 Å². The van der Waals surface area contributed by atoms with Gasteiger partial charge in [-0.3, -0.25) is 4.79 Å². The van der Waals surface area contributed by atoms with Gasteiger partial charge in [0, 0.05) is 4.90 Å². The van der Waals surface area contributed by atoms with Crippen molar-refractivity contribution in [3.05, 3.63) is 41.1 Å². The number of nitrogens with one attached hydrogen (secondary N) is 2. The van der Waals surface area contributed by atoms with Gasteiger partial charge in [-0.2, -0.15) is 0 Å². The van der Waals surface area contributed by atoms with Crippen molar-refractivity contribution in [2.45, 2.75) is 38.1 Å². The lowest BCUT2D eigenvalue weighted by molar-refractivity contribution is -0.141. The molecule has 1 aromatic rings. The minimum atomic E-state index is -0.530. The van der Waals surface area contributed by atoms with Gasteiger partial charge in [-0.15, -0.1) is 11.8 Å². The number of aryl methyl sites for hydroxylation is 1. The number of carbonyl (C=O) groups is 3. The number of esters is 2. The number of urea groups is 1. The van der Waals surface area contributed by atoms with E-state index in [1.165, 1.54) is 11.8 Å². The van der Waals surface area contributed by atoms with Crippen LogP contribution in [0.2, 0.25) is 0 Å². The summed E-state index contributed by atoms with van der Waals surface area (Å²) >= 11 is 1.38. The van der Waals surface area contributed by atoms with E-state index in [1.54, 1.807) is 6.92 Å². The van der Waals surface area contributed by atoms with E-state index in [0.717, 1.165) is 10.5 Å². The third-order valence-electron chi connectivity index (χ3n) is 3.96. The molecule has 7 nitrogen and oxygen atoms in total. The first kappa shape index (κ1) is 20.8. The predicted octanol–water partition coefficient (Wildman–Crippen LogP) is 2.54. The first-order chi connectivity index (χ1) is 13.0. The van der Waals surface area contributed by atoms with Gasteiger partial charge in [0.05, 0.1) is 29.7 Å². The number of hydrogen-bond donors (Lipinski definition) is 2. The Bertz CT molecular complexity index is 747. The molecule has 8 heteroatoms. The highest BCUT2D eigenvalue weighted by Crippen LogP contribution is 2.22. The zero-order valence-electron chi connectivity index (χ0n) is 15.7. The molecule has 0 spiro atoms. The molecule has 2 rings (SSSR count). The first-order valence-electron chi connectivity index (χ1n) is 8.78. The van der Waals surface area contributed by atoms with Crippen LogP contribution in [0.25, 0.3) is 0 Å². The van der Waals surface area contributed by atoms with Crippen molar-refractivity contribution < 1.29 is 23.9 Å². The molecule has 1 aliphatic heterocycles. The quantitative estimate of drug-likeness (QED) is 0.522. The van der Waals surface area contributed by atoms with Gasteiger partial charge in [0.1, 0.15) is 6.61 Å². The lowest BCUT2D eigenvalue weighted by atomic mass is 10.0. The molecule has 0 unspecified atom stereocenters. The van der Waals surface area contributed by atoms with E-state index in [0.29, 0.717) is 12.0 Å². The second kappa shape index (κ2) is 10.0. The standard InChI is InChI=1S/C19H24N2O5S/c1-4-13-17(18(23)25-5-2)14(21-19(24)20-13)10-26-16(22)11-27-15-9-7-6-8-12(15)3/h6-9,13H,4-5,10-11H2,1-3H3,(H2,20,21,24)/t13-/m1/s1. The summed E-state index contributed by atoms with van der Waals surface area (Å²) in [5.41, 5.74) is 1.63. The van der Waals surface area contributed by atoms with Crippen molar-refractivity contribution in [1.29, 1.82) is 0 Å². The minimum absolute atomic E-state index is 0.135. The molecule has 1 aromatic carbocycles. The van der Waals surface area contributed by atoms with Crippen LogP contribution in [-0.4, -0.2) is 43.0 Å². The molecule has 0 radical (unpaired) electrons.